The summed E-state index contributed by atoms with van der Waals surface area (Å²) in [5, 5.41) is 0.150. The van der Waals surface area contributed by atoms with Crippen LogP contribution in [0.2, 0.25) is 5.02 Å². The molecule has 0 bridgehead atoms. The molecule has 1 saturated heterocycles. The zero-order valence-corrected chi connectivity index (χ0v) is 11.9. The Labute approximate surface area is 118 Å². The predicted octanol–water partition coefficient (Wildman–Crippen LogP) is 2.59. The van der Waals surface area contributed by atoms with Gasteiger partial charge in [-0.25, -0.2) is 4.39 Å². The normalized spacial score (nSPS) is 24.6. The minimum Gasteiger partial charge on any atom is -0.383 e. The van der Waals surface area contributed by atoms with Gasteiger partial charge in [0.05, 0.1) is 17.7 Å². The molecule has 0 aromatic heterocycles. The molecule has 1 aromatic rings. The van der Waals surface area contributed by atoms with Gasteiger partial charge in [-0.3, -0.25) is 4.90 Å². The molecule has 2 N–H and O–H groups in total. The summed E-state index contributed by atoms with van der Waals surface area (Å²) in [6.45, 7) is 2.42. The molecule has 0 amide bonds. The number of nitrogens with two attached hydrogens (primary N) is 1. The number of ether oxygens (including phenoxy) is 1. The third-order valence-corrected chi connectivity index (χ3v) is 3.96. The Morgan fingerprint density at radius 3 is 3.00 bits per heavy atom. The van der Waals surface area contributed by atoms with Gasteiger partial charge in [-0.1, -0.05) is 17.7 Å². The standard InChI is InChI=1S/C14H20ClFN2O/c1-19-8-7-18-6-2-3-13(17)14(18)10-4-5-11(15)12(16)9-10/h4-5,9,13-14H,2-3,6-8,17H2,1H3. The quantitative estimate of drug-likeness (QED) is 0.925. The first kappa shape index (κ1) is 14.7. The van der Waals surface area contributed by atoms with E-state index in [9.17, 15) is 4.39 Å². The summed E-state index contributed by atoms with van der Waals surface area (Å²) in [4.78, 5) is 2.26. The van der Waals surface area contributed by atoms with E-state index in [1.54, 1.807) is 13.2 Å². The van der Waals surface area contributed by atoms with Gasteiger partial charge < -0.3 is 10.5 Å². The Balaban J connectivity index is 2.22. The molecule has 1 aliphatic rings. The van der Waals surface area contributed by atoms with Gasteiger partial charge in [-0.05, 0) is 37.1 Å². The average Bonchev–Trinajstić information content (AvgIpc) is 2.40. The first-order valence-electron chi connectivity index (χ1n) is 6.57. The van der Waals surface area contributed by atoms with E-state index in [0.29, 0.717) is 6.61 Å². The van der Waals surface area contributed by atoms with Crippen molar-refractivity contribution in [3.63, 3.8) is 0 Å². The van der Waals surface area contributed by atoms with E-state index in [-0.39, 0.29) is 22.9 Å². The van der Waals surface area contributed by atoms with Crippen LogP contribution in [-0.2, 0) is 4.74 Å². The Hall–Kier alpha value is -0.680. The maximum absolute atomic E-state index is 13.6. The van der Waals surface area contributed by atoms with E-state index >= 15 is 0 Å². The first-order chi connectivity index (χ1) is 9.13. The number of benzene rings is 1. The molecular weight excluding hydrogens is 267 g/mol. The van der Waals surface area contributed by atoms with E-state index in [0.717, 1.165) is 31.5 Å². The molecular formula is C14H20ClFN2O. The molecule has 3 nitrogen and oxygen atoms in total. The summed E-state index contributed by atoms with van der Waals surface area (Å²) in [7, 11) is 1.68. The van der Waals surface area contributed by atoms with E-state index in [1.807, 2.05) is 6.07 Å². The van der Waals surface area contributed by atoms with Crippen LogP contribution in [-0.4, -0.2) is 37.7 Å². The van der Waals surface area contributed by atoms with Crippen LogP contribution in [0.5, 0.6) is 0 Å². The molecule has 0 aliphatic carbocycles. The molecule has 1 fully saturated rings. The van der Waals surface area contributed by atoms with Gasteiger partial charge in [0.2, 0.25) is 0 Å². The summed E-state index contributed by atoms with van der Waals surface area (Å²) in [5.74, 6) is -0.386. The van der Waals surface area contributed by atoms with Gasteiger partial charge in [0, 0.05) is 19.7 Å². The maximum atomic E-state index is 13.6. The van der Waals surface area contributed by atoms with E-state index < -0.39 is 0 Å². The third-order valence-electron chi connectivity index (χ3n) is 3.65. The summed E-state index contributed by atoms with van der Waals surface area (Å²) < 4.78 is 18.8. The van der Waals surface area contributed by atoms with E-state index in [1.165, 1.54) is 6.07 Å². The number of likely N-dealkylation sites (tertiary alicyclic amines) is 1. The van der Waals surface area contributed by atoms with Crippen LogP contribution in [0.1, 0.15) is 24.4 Å². The van der Waals surface area contributed by atoms with Crippen LogP contribution < -0.4 is 5.73 Å². The van der Waals surface area contributed by atoms with Crippen LogP contribution >= 0.6 is 11.6 Å². The lowest BCUT2D eigenvalue weighted by molar-refractivity contribution is 0.0847. The van der Waals surface area contributed by atoms with Crippen LogP contribution in [0, 0.1) is 5.82 Å². The second-order valence-corrected chi connectivity index (χ2v) is 5.36. The SMILES string of the molecule is COCCN1CCCC(N)C1c1ccc(Cl)c(F)c1. The fourth-order valence-corrected chi connectivity index (χ4v) is 2.83. The number of halogens is 2. The van der Waals surface area contributed by atoms with Crippen molar-refractivity contribution in [3.05, 3.63) is 34.6 Å². The van der Waals surface area contributed by atoms with E-state index in [2.05, 4.69) is 4.90 Å². The highest BCUT2D eigenvalue weighted by Gasteiger charge is 2.30. The molecule has 2 atom stereocenters. The lowest BCUT2D eigenvalue weighted by Gasteiger charge is -2.40. The zero-order chi connectivity index (χ0) is 13.8. The second-order valence-electron chi connectivity index (χ2n) is 4.95. The highest BCUT2D eigenvalue weighted by atomic mass is 35.5. The van der Waals surface area contributed by atoms with E-state index in [4.69, 9.17) is 22.1 Å². The van der Waals surface area contributed by atoms with Crippen molar-refractivity contribution in [3.8, 4) is 0 Å². The number of hydrogen-bond acceptors (Lipinski definition) is 3. The molecule has 5 heteroatoms. The van der Waals surface area contributed by atoms with Gasteiger partial charge in [0.25, 0.3) is 0 Å². The lowest BCUT2D eigenvalue weighted by Crippen LogP contribution is -2.46. The molecule has 0 radical (unpaired) electrons. The second kappa shape index (κ2) is 6.66. The Kier molecular flexibility index (Phi) is 5.16. The lowest BCUT2D eigenvalue weighted by atomic mass is 9.91. The predicted molar refractivity (Wildman–Crippen MR) is 74.8 cm³/mol. The van der Waals surface area contributed by atoms with Gasteiger partial charge in [-0.15, -0.1) is 0 Å². The van der Waals surface area contributed by atoms with Crippen molar-refractivity contribution in [1.29, 1.82) is 0 Å². The van der Waals surface area contributed by atoms with Gasteiger partial charge >= 0.3 is 0 Å². The Bertz CT molecular complexity index is 430. The zero-order valence-electron chi connectivity index (χ0n) is 11.1. The molecule has 1 aliphatic heterocycles. The summed E-state index contributed by atoms with van der Waals surface area (Å²) in [6.07, 6.45) is 2.02. The molecule has 106 valence electrons. The highest BCUT2D eigenvalue weighted by Crippen LogP contribution is 2.31. The molecule has 0 saturated carbocycles. The smallest absolute Gasteiger partial charge is 0.142 e. The largest absolute Gasteiger partial charge is 0.383 e. The minimum absolute atomic E-state index is 0.0196. The highest BCUT2D eigenvalue weighted by molar-refractivity contribution is 6.30. The monoisotopic (exact) mass is 286 g/mol. The van der Waals surface area contributed by atoms with Gasteiger partial charge in [-0.2, -0.15) is 0 Å². The number of piperidine rings is 1. The minimum atomic E-state index is -0.386. The Morgan fingerprint density at radius 1 is 1.53 bits per heavy atom. The van der Waals surface area contributed by atoms with Crippen molar-refractivity contribution in [2.45, 2.75) is 24.9 Å². The number of rotatable bonds is 4. The summed E-state index contributed by atoms with van der Waals surface area (Å²) >= 11 is 5.74. The van der Waals surface area contributed by atoms with Crippen LogP contribution in [0.4, 0.5) is 4.39 Å². The molecule has 1 heterocycles. The molecule has 0 spiro atoms. The van der Waals surface area contributed by atoms with Crippen molar-refractivity contribution < 1.29 is 9.13 Å². The van der Waals surface area contributed by atoms with Crippen molar-refractivity contribution in [1.82, 2.24) is 4.90 Å². The van der Waals surface area contributed by atoms with Crippen molar-refractivity contribution >= 4 is 11.6 Å². The van der Waals surface area contributed by atoms with Crippen LogP contribution in [0.3, 0.4) is 0 Å². The first-order valence-corrected chi connectivity index (χ1v) is 6.95. The molecule has 19 heavy (non-hydrogen) atoms. The maximum Gasteiger partial charge on any atom is 0.142 e. The topological polar surface area (TPSA) is 38.5 Å². The Morgan fingerprint density at radius 2 is 2.32 bits per heavy atom. The summed E-state index contributed by atoms with van der Waals surface area (Å²) in [5.41, 5.74) is 7.12. The van der Waals surface area contributed by atoms with Crippen LogP contribution in [0.15, 0.2) is 18.2 Å². The number of nitrogens with zero attached hydrogens (tertiary/aromatic N) is 1. The molecule has 2 unspecified atom stereocenters. The number of methoxy groups -OCH3 is 1. The van der Waals surface area contributed by atoms with Gasteiger partial charge in [0.15, 0.2) is 0 Å². The number of hydrogen-bond donors (Lipinski definition) is 1. The molecule has 2 rings (SSSR count). The van der Waals surface area contributed by atoms with Crippen molar-refractivity contribution in [2.75, 3.05) is 26.8 Å². The van der Waals surface area contributed by atoms with Crippen LogP contribution in [0.25, 0.3) is 0 Å². The average molecular weight is 287 g/mol. The van der Waals surface area contributed by atoms with Crippen molar-refractivity contribution in [2.24, 2.45) is 5.73 Å². The fraction of sp³-hybridized carbons (Fsp3) is 0.571. The fourth-order valence-electron chi connectivity index (χ4n) is 2.71. The third kappa shape index (κ3) is 3.45. The summed E-state index contributed by atoms with van der Waals surface area (Å²) in [6, 6.07) is 5.02. The molecule has 1 aromatic carbocycles. The van der Waals surface area contributed by atoms with Gasteiger partial charge in [0.1, 0.15) is 5.82 Å².